The molecule has 7 rings (SSSR count). The molecule has 200 valence electrons. The molecular weight excluding hydrogens is 476 g/mol. The highest BCUT2D eigenvalue weighted by molar-refractivity contribution is 5.83. The SMILES string of the molecule is Cc1cc(-n2ccc3cc(OC[C@H]4CCCO4)ccc3c2=O)ccc1O[C@H]1C[C@H]2CC[C@@H](C1)N2CC1CC1. The normalized spacial score (nSPS) is 27.2. The van der Waals surface area contributed by atoms with Crippen molar-refractivity contribution in [1.29, 1.82) is 0 Å². The first-order valence-corrected chi connectivity index (χ1v) is 14.5. The molecule has 3 aliphatic heterocycles. The summed E-state index contributed by atoms with van der Waals surface area (Å²) in [6.07, 6.45) is 12.2. The quantitative estimate of drug-likeness (QED) is 0.389. The highest BCUT2D eigenvalue weighted by Gasteiger charge is 2.43. The van der Waals surface area contributed by atoms with E-state index in [0.29, 0.717) is 24.1 Å². The second kappa shape index (κ2) is 10.0. The molecule has 0 spiro atoms. The summed E-state index contributed by atoms with van der Waals surface area (Å²) in [6.45, 7) is 4.76. The van der Waals surface area contributed by atoms with Gasteiger partial charge in [-0.25, -0.2) is 0 Å². The van der Waals surface area contributed by atoms with E-state index in [9.17, 15) is 4.79 Å². The summed E-state index contributed by atoms with van der Waals surface area (Å²) in [6, 6.07) is 15.2. The molecule has 4 heterocycles. The smallest absolute Gasteiger partial charge is 0.262 e. The van der Waals surface area contributed by atoms with Gasteiger partial charge in [0, 0.05) is 42.5 Å². The zero-order chi connectivity index (χ0) is 25.6. The minimum Gasteiger partial charge on any atom is -0.491 e. The lowest BCUT2D eigenvalue weighted by molar-refractivity contribution is 0.0463. The fraction of sp³-hybridized carbons (Fsp3) is 0.531. The van der Waals surface area contributed by atoms with Crippen LogP contribution in [0.3, 0.4) is 0 Å². The Kier molecular flexibility index (Phi) is 6.41. The Balaban J connectivity index is 1.04. The first-order chi connectivity index (χ1) is 18.6. The molecule has 2 aromatic carbocycles. The molecule has 0 N–H and O–H groups in total. The van der Waals surface area contributed by atoms with E-state index >= 15 is 0 Å². The second-order valence-corrected chi connectivity index (χ2v) is 11.9. The highest BCUT2D eigenvalue weighted by atomic mass is 16.5. The number of nitrogens with zero attached hydrogens (tertiary/aromatic N) is 2. The van der Waals surface area contributed by atoms with Gasteiger partial charge in [-0.1, -0.05) is 0 Å². The molecule has 3 saturated heterocycles. The van der Waals surface area contributed by atoms with Crippen LogP contribution < -0.4 is 15.0 Å². The number of piperidine rings is 1. The average Bonchev–Trinajstić information content (AvgIpc) is 3.52. The molecule has 4 fully saturated rings. The fourth-order valence-electron chi connectivity index (χ4n) is 6.80. The van der Waals surface area contributed by atoms with Gasteiger partial charge in [-0.15, -0.1) is 0 Å². The highest BCUT2D eigenvalue weighted by Crippen LogP contribution is 2.41. The molecule has 6 nitrogen and oxygen atoms in total. The Hall–Kier alpha value is -2.83. The number of hydrogen-bond donors (Lipinski definition) is 0. The molecule has 0 radical (unpaired) electrons. The lowest BCUT2D eigenvalue weighted by Gasteiger charge is -2.39. The van der Waals surface area contributed by atoms with Gasteiger partial charge >= 0.3 is 0 Å². The summed E-state index contributed by atoms with van der Waals surface area (Å²) in [5.74, 6) is 2.67. The van der Waals surface area contributed by atoms with Crippen molar-refractivity contribution < 1.29 is 14.2 Å². The molecule has 3 aromatic rings. The van der Waals surface area contributed by atoms with Crippen molar-refractivity contribution in [3.63, 3.8) is 0 Å². The van der Waals surface area contributed by atoms with Gasteiger partial charge in [0.05, 0.1) is 6.10 Å². The summed E-state index contributed by atoms with van der Waals surface area (Å²) >= 11 is 0. The molecule has 4 aliphatic rings. The number of pyridine rings is 1. The van der Waals surface area contributed by atoms with Crippen molar-refractivity contribution in [2.24, 2.45) is 5.92 Å². The van der Waals surface area contributed by atoms with Crippen molar-refractivity contribution in [3.05, 3.63) is 64.6 Å². The van der Waals surface area contributed by atoms with Gasteiger partial charge in [-0.2, -0.15) is 0 Å². The maximum absolute atomic E-state index is 13.4. The molecule has 1 aromatic heterocycles. The third-order valence-corrected chi connectivity index (χ3v) is 9.07. The maximum atomic E-state index is 13.4. The van der Waals surface area contributed by atoms with Crippen molar-refractivity contribution in [2.45, 2.75) is 82.6 Å². The zero-order valence-corrected chi connectivity index (χ0v) is 22.3. The average molecular weight is 515 g/mol. The van der Waals surface area contributed by atoms with Gasteiger partial charge in [0.15, 0.2) is 0 Å². The van der Waals surface area contributed by atoms with Gasteiger partial charge in [0.1, 0.15) is 24.2 Å². The van der Waals surface area contributed by atoms with E-state index in [0.717, 1.165) is 66.3 Å². The van der Waals surface area contributed by atoms with Crippen LogP contribution in [0.2, 0.25) is 0 Å². The third kappa shape index (κ3) is 4.85. The first kappa shape index (κ1) is 24.2. The van der Waals surface area contributed by atoms with Gasteiger partial charge in [0.25, 0.3) is 5.56 Å². The molecule has 0 unspecified atom stereocenters. The lowest BCUT2D eigenvalue weighted by Crippen LogP contribution is -2.47. The lowest BCUT2D eigenvalue weighted by atomic mass is 9.99. The van der Waals surface area contributed by atoms with E-state index < -0.39 is 0 Å². The first-order valence-electron chi connectivity index (χ1n) is 14.5. The summed E-state index contributed by atoms with van der Waals surface area (Å²) in [7, 11) is 0. The molecule has 4 atom stereocenters. The maximum Gasteiger partial charge on any atom is 0.262 e. The van der Waals surface area contributed by atoms with Crippen LogP contribution in [-0.4, -0.2) is 53.5 Å². The largest absolute Gasteiger partial charge is 0.491 e. The number of aryl methyl sites for hydroxylation is 1. The second-order valence-electron chi connectivity index (χ2n) is 11.9. The van der Waals surface area contributed by atoms with Crippen LogP contribution in [0.5, 0.6) is 11.5 Å². The molecule has 38 heavy (non-hydrogen) atoms. The number of hydrogen-bond acceptors (Lipinski definition) is 5. The predicted octanol–water partition coefficient (Wildman–Crippen LogP) is 5.64. The number of rotatable bonds is 8. The van der Waals surface area contributed by atoms with Gasteiger partial charge in [-0.3, -0.25) is 14.3 Å². The van der Waals surface area contributed by atoms with E-state index in [-0.39, 0.29) is 17.8 Å². The van der Waals surface area contributed by atoms with Crippen LogP contribution in [0.25, 0.3) is 16.5 Å². The van der Waals surface area contributed by atoms with E-state index in [2.05, 4.69) is 17.9 Å². The molecule has 1 aliphatic carbocycles. The van der Waals surface area contributed by atoms with E-state index in [4.69, 9.17) is 14.2 Å². The van der Waals surface area contributed by atoms with Gasteiger partial charge in [0.2, 0.25) is 0 Å². The van der Waals surface area contributed by atoms with E-state index in [1.54, 1.807) is 4.57 Å². The van der Waals surface area contributed by atoms with E-state index in [1.165, 1.54) is 32.2 Å². The summed E-state index contributed by atoms with van der Waals surface area (Å²) < 4.78 is 19.9. The minimum atomic E-state index is -0.0270. The van der Waals surface area contributed by atoms with Crippen LogP contribution in [0.4, 0.5) is 0 Å². The van der Waals surface area contributed by atoms with Gasteiger partial charge < -0.3 is 14.2 Å². The van der Waals surface area contributed by atoms with Crippen molar-refractivity contribution >= 4 is 10.8 Å². The Morgan fingerprint density at radius 1 is 0.974 bits per heavy atom. The van der Waals surface area contributed by atoms with Crippen molar-refractivity contribution in [1.82, 2.24) is 9.47 Å². The fourth-order valence-corrected chi connectivity index (χ4v) is 6.80. The predicted molar refractivity (Wildman–Crippen MR) is 149 cm³/mol. The Labute approximate surface area is 224 Å². The summed E-state index contributed by atoms with van der Waals surface area (Å²) in [5.41, 5.74) is 1.90. The molecule has 6 heteroatoms. The zero-order valence-electron chi connectivity index (χ0n) is 22.3. The number of aromatic nitrogens is 1. The molecule has 0 amide bonds. The van der Waals surface area contributed by atoms with Crippen molar-refractivity contribution in [2.75, 3.05) is 19.8 Å². The number of benzene rings is 2. The van der Waals surface area contributed by atoms with Crippen LogP contribution in [0, 0.1) is 12.8 Å². The summed E-state index contributed by atoms with van der Waals surface area (Å²) in [4.78, 5) is 16.2. The van der Waals surface area contributed by atoms with Crippen LogP contribution in [0.1, 0.15) is 56.9 Å². The van der Waals surface area contributed by atoms with E-state index in [1.807, 2.05) is 42.6 Å². The standard InChI is InChI=1S/C32H38N2O4/c1-21-15-24(8-11-31(21)38-29-17-25-6-7-26(18-29)34(25)19-22-4-5-22)33-13-12-23-16-27(9-10-30(23)32(33)35)37-20-28-3-2-14-36-28/h8-13,15-16,22,25-26,28-29H,2-7,14,17-20H2,1H3/t25-,26+,28-,29+/m1/s1. The summed E-state index contributed by atoms with van der Waals surface area (Å²) in [5, 5.41) is 1.57. The topological polar surface area (TPSA) is 52.9 Å². The third-order valence-electron chi connectivity index (χ3n) is 9.07. The van der Waals surface area contributed by atoms with Crippen LogP contribution in [0.15, 0.2) is 53.5 Å². The Morgan fingerprint density at radius 3 is 2.55 bits per heavy atom. The molecular formula is C32H38N2O4. The van der Waals surface area contributed by atoms with Crippen LogP contribution >= 0.6 is 0 Å². The monoisotopic (exact) mass is 514 g/mol. The Morgan fingerprint density at radius 2 is 1.82 bits per heavy atom. The number of ether oxygens (including phenoxy) is 3. The molecule has 1 saturated carbocycles. The van der Waals surface area contributed by atoms with Crippen LogP contribution in [-0.2, 0) is 4.74 Å². The van der Waals surface area contributed by atoms with Gasteiger partial charge in [-0.05, 0) is 118 Å². The Bertz CT molecular complexity index is 1360. The number of fused-ring (bicyclic) bond motifs is 3. The van der Waals surface area contributed by atoms with Crippen molar-refractivity contribution in [3.8, 4) is 17.2 Å². The molecule has 2 bridgehead atoms. The minimum absolute atomic E-state index is 0.0270.